The quantitative estimate of drug-likeness (QED) is 0.811. The predicted octanol–water partition coefficient (Wildman–Crippen LogP) is 3.50. The van der Waals surface area contributed by atoms with E-state index >= 15 is 0 Å². The standard InChI is InChI=1S/C20H20O4/c1-13(21)23-12-16-7-5-9-19-17(16)11-10-15-6-3-4-8-18(15)20(19)24-14(2)22/h3-9,20H,10-12H2,1-2H3. The lowest BCUT2D eigenvalue weighted by Crippen LogP contribution is -2.13. The molecular formula is C20H20O4. The lowest BCUT2D eigenvalue weighted by Gasteiger charge is -2.21. The summed E-state index contributed by atoms with van der Waals surface area (Å²) in [6.45, 7) is 3.07. The third-order valence-electron chi connectivity index (χ3n) is 4.29. The molecule has 24 heavy (non-hydrogen) atoms. The summed E-state index contributed by atoms with van der Waals surface area (Å²) in [6, 6.07) is 13.9. The molecule has 1 unspecified atom stereocenters. The zero-order chi connectivity index (χ0) is 17.1. The van der Waals surface area contributed by atoms with Crippen LogP contribution < -0.4 is 0 Å². The number of hydrogen-bond acceptors (Lipinski definition) is 4. The van der Waals surface area contributed by atoms with Crippen molar-refractivity contribution in [3.8, 4) is 0 Å². The summed E-state index contributed by atoms with van der Waals surface area (Å²) in [5.74, 6) is -0.617. The van der Waals surface area contributed by atoms with Crippen molar-refractivity contribution in [2.45, 2.75) is 39.4 Å². The van der Waals surface area contributed by atoms with Crippen LogP contribution in [0, 0.1) is 0 Å². The summed E-state index contributed by atoms with van der Waals surface area (Å²) in [7, 11) is 0. The molecule has 0 N–H and O–H groups in total. The van der Waals surface area contributed by atoms with E-state index in [0.717, 1.165) is 35.1 Å². The van der Waals surface area contributed by atoms with Gasteiger partial charge in [-0.2, -0.15) is 0 Å². The SMILES string of the molecule is CC(=O)OCc1cccc2c1CCc1ccccc1C2OC(C)=O. The molecule has 0 spiro atoms. The fourth-order valence-corrected chi connectivity index (χ4v) is 3.26. The minimum Gasteiger partial charge on any atom is -0.461 e. The zero-order valence-corrected chi connectivity index (χ0v) is 13.9. The van der Waals surface area contributed by atoms with Gasteiger partial charge in [-0.1, -0.05) is 42.5 Å². The van der Waals surface area contributed by atoms with Crippen LogP contribution >= 0.6 is 0 Å². The molecule has 0 saturated heterocycles. The van der Waals surface area contributed by atoms with Crippen molar-refractivity contribution in [3.05, 3.63) is 70.3 Å². The van der Waals surface area contributed by atoms with Crippen molar-refractivity contribution in [2.75, 3.05) is 0 Å². The summed E-state index contributed by atoms with van der Waals surface area (Å²) >= 11 is 0. The first-order valence-corrected chi connectivity index (χ1v) is 8.05. The molecule has 1 aliphatic carbocycles. The molecule has 2 aromatic rings. The van der Waals surface area contributed by atoms with Crippen LogP contribution in [0.15, 0.2) is 42.5 Å². The fourth-order valence-electron chi connectivity index (χ4n) is 3.26. The summed E-state index contributed by atoms with van der Waals surface area (Å²) < 4.78 is 10.8. The third kappa shape index (κ3) is 3.32. The van der Waals surface area contributed by atoms with Crippen molar-refractivity contribution in [1.29, 1.82) is 0 Å². The minimum absolute atomic E-state index is 0.238. The number of carbonyl (C=O) groups excluding carboxylic acids is 2. The van der Waals surface area contributed by atoms with Gasteiger partial charge in [0, 0.05) is 25.0 Å². The molecule has 0 fully saturated rings. The molecule has 1 atom stereocenters. The molecule has 0 bridgehead atoms. The molecule has 0 amide bonds. The maximum Gasteiger partial charge on any atom is 0.303 e. The number of esters is 2. The highest BCUT2D eigenvalue weighted by Crippen LogP contribution is 2.36. The highest BCUT2D eigenvalue weighted by molar-refractivity contribution is 5.67. The van der Waals surface area contributed by atoms with Crippen molar-refractivity contribution >= 4 is 11.9 Å². The van der Waals surface area contributed by atoms with E-state index in [1.807, 2.05) is 36.4 Å². The number of hydrogen-bond donors (Lipinski definition) is 0. The first kappa shape index (κ1) is 16.2. The van der Waals surface area contributed by atoms with Gasteiger partial charge in [-0.15, -0.1) is 0 Å². The maximum atomic E-state index is 11.7. The van der Waals surface area contributed by atoms with E-state index in [4.69, 9.17) is 9.47 Å². The summed E-state index contributed by atoms with van der Waals surface area (Å²) in [5, 5.41) is 0. The number of rotatable bonds is 3. The molecule has 0 heterocycles. The topological polar surface area (TPSA) is 52.6 Å². The number of benzene rings is 2. The molecule has 2 aromatic carbocycles. The minimum atomic E-state index is -0.423. The van der Waals surface area contributed by atoms with Crippen LogP contribution in [0.1, 0.15) is 47.8 Å². The molecule has 4 heteroatoms. The van der Waals surface area contributed by atoms with Crippen LogP contribution in [-0.2, 0) is 38.5 Å². The van der Waals surface area contributed by atoms with E-state index in [0.29, 0.717) is 0 Å². The van der Waals surface area contributed by atoms with Gasteiger partial charge in [0.1, 0.15) is 6.61 Å². The van der Waals surface area contributed by atoms with Gasteiger partial charge >= 0.3 is 11.9 Å². The Labute approximate surface area is 141 Å². The Hall–Kier alpha value is -2.62. The second-order valence-corrected chi connectivity index (χ2v) is 5.95. The molecule has 124 valence electrons. The van der Waals surface area contributed by atoms with E-state index in [2.05, 4.69) is 6.07 Å². The van der Waals surface area contributed by atoms with Crippen LogP contribution in [0.3, 0.4) is 0 Å². The second-order valence-electron chi connectivity index (χ2n) is 5.95. The van der Waals surface area contributed by atoms with Gasteiger partial charge in [0.2, 0.25) is 0 Å². The highest BCUT2D eigenvalue weighted by atomic mass is 16.5. The predicted molar refractivity (Wildman–Crippen MR) is 89.4 cm³/mol. The molecule has 0 aromatic heterocycles. The lowest BCUT2D eigenvalue weighted by atomic mass is 9.94. The monoisotopic (exact) mass is 324 g/mol. The van der Waals surface area contributed by atoms with Gasteiger partial charge in [-0.3, -0.25) is 9.59 Å². The molecule has 4 nitrogen and oxygen atoms in total. The van der Waals surface area contributed by atoms with Crippen LogP contribution in [0.4, 0.5) is 0 Å². The van der Waals surface area contributed by atoms with Crippen molar-refractivity contribution in [3.63, 3.8) is 0 Å². The normalized spacial score (nSPS) is 15.7. The van der Waals surface area contributed by atoms with Crippen LogP contribution in [0.5, 0.6) is 0 Å². The number of fused-ring (bicyclic) bond motifs is 2. The number of ether oxygens (including phenoxy) is 2. The summed E-state index contributed by atoms with van der Waals surface area (Å²) in [4.78, 5) is 22.8. The Morgan fingerprint density at radius 3 is 2.46 bits per heavy atom. The first-order chi connectivity index (χ1) is 11.6. The molecule has 0 saturated carbocycles. The Morgan fingerprint density at radius 2 is 1.71 bits per heavy atom. The van der Waals surface area contributed by atoms with Gasteiger partial charge in [0.05, 0.1) is 0 Å². The maximum absolute atomic E-state index is 11.7. The first-order valence-electron chi connectivity index (χ1n) is 8.05. The molecule has 0 radical (unpaired) electrons. The van der Waals surface area contributed by atoms with Crippen molar-refractivity contribution in [2.24, 2.45) is 0 Å². The number of carbonyl (C=O) groups is 2. The van der Waals surface area contributed by atoms with E-state index in [-0.39, 0.29) is 18.5 Å². The fraction of sp³-hybridized carbons (Fsp3) is 0.300. The smallest absolute Gasteiger partial charge is 0.303 e. The average molecular weight is 324 g/mol. The third-order valence-corrected chi connectivity index (χ3v) is 4.29. The molecular weight excluding hydrogens is 304 g/mol. The lowest BCUT2D eigenvalue weighted by molar-refractivity contribution is -0.145. The van der Waals surface area contributed by atoms with Gasteiger partial charge < -0.3 is 9.47 Å². The Morgan fingerprint density at radius 1 is 0.958 bits per heavy atom. The Balaban J connectivity index is 2.08. The van der Waals surface area contributed by atoms with Gasteiger partial charge in [-0.05, 0) is 29.5 Å². The van der Waals surface area contributed by atoms with E-state index in [9.17, 15) is 9.59 Å². The van der Waals surface area contributed by atoms with E-state index in [1.54, 1.807) is 0 Å². The van der Waals surface area contributed by atoms with E-state index < -0.39 is 6.10 Å². The Kier molecular flexibility index (Phi) is 4.65. The summed E-state index contributed by atoms with van der Waals surface area (Å²) in [6.07, 6.45) is 1.26. The van der Waals surface area contributed by atoms with Crippen molar-refractivity contribution < 1.29 is 19.1 Å². The van der Waals surface area contributed by atoms with E-state index in [1.165, 1.54) is 19.4 Å². The van der Waals surface area contributed by atoms with Crippen LogP contribution in [0.25, 0.3) is 0 Å². The second kappa shape index (κ2) is 6.87. The van der Waals surface area contributed by atoms with Crippen molar-refractivity contribution in [1.82, 2.24) is 0 Å². The van der Waals surface area contributed by atoms with Gasteiger partial charge in [-0.25, -0.2) is 0 Å². The van der Waals surface area contributed by atoms with Crippen LogP contribution in [0.2, 0.25) is 0 Å². The number of aryl methyl sites for hydroxylation is 1. The Bertz CT molecular complexity index is 779. The summed E-state index contributed by atoms with van der Waals surface area (Å²) in [5.41, 5.74) is 5.24. The van der Waals surface area contributed by atoms with Gasteiger partial charge in [0.25, 0.3) is 0 Å². The van der Waals surface area contributed by atoms with Crippen LogP contribution in [-0.4, -0.2) is 11.9 Å². The average Bonchev–Trinajstić information content (AvgIpc) is 2.71. The highest BCUT2D eigenvalue weighted by Gasteiger charge is 2.27. The van der Waals surface area contributed by atoms with Gasteiger partial charge in [0.15, 0.2) is 6.10 Å². The molecule has 3 rings (SSSR count). The molecule has 1 aliphatic rings. The molecule has 0 aliphatic heterocycles. The largest absolute Gasteiger partial charge is 0.461 e. The zero-order valence-electron chi connectivity index (χ0n) is 13.9.